The van der Waals surface area contributed by atoms with Gasteiger partial charge < -0.3 is 15.5 Å². The van der Waals surface area contributed by atoms with E-state index in [9.17, 15) is 4.39 Å². The molecular weight excluding hydrogens is 323 g/mol. The largest absolute Gasteiger partial charge is 0.357 e. The number of guanidine groups is 1. The van der Waals surface area contributed by atoms with E-state index >= 15 is 0 Å². The van der Waals surface area contributed by atoms with Crippen LogP contribution in [0.1, 0.15) is 24.1 Å². The molecule has 0 radical (unpaired) electrons. The van der Waals surface area contributed by atoms with Gasteiger partial charge in [0.15, 0.2) is 5.96 Å². The molecule has 0 amide bonds. The van der Waals surface area contributed by atoms with Gasteiger partial charge in [-0.15, -0.1) is 0 Å². The summed E-state index contributed by atoms with van der Waals surface area (Å²) >= 11 is 1.68. The number of nitrogens with zero attached hydrogens (tertiary/aromatic N) is 2. The molecule has 2 N–H and O–H groups in total. The molecule has 0 aliphatic heterocycles. The number of nitrogens with one attached hydrogen (secondary N) is 2. The third kappa shape index (κ3) is 5.62. The van der Waals surface area contributed by atoms with E-state index in [1.807, 2.05) is 33.2 Å². The standard InChI is InChI=1S/C18H25FN4S/c1-4-20-18(21-11-14-9-10-24-13-14)22-12-17(23(2)3)15-5-7-16(19)8-6-15/h5-10,13,17H,4,11-12H2,1-3H3,(H2,20,21,22). The van der Waals surface area contributed by atoms with Gasteiger partial charge in [-0.05, 0) is 61.1 Å². The van der Waals surface area contributed by atoms with Crippen LogP contribution in [-0.4, -0.2) is 38.0 Å². The predicted octanol–water partition coefficient (Wildman–Crippen LogP) is 3.25. The highest BCUT2D eigenvalue weighted by Gasteiger charge is 2.14. The summed E-state index contributed by atoms with van der Waals surface area (Å²) in [6.07, 6.45) is 0. The first-order valence-corrected chi connectivity index (χ1v) is 8.99. The molecule has 2 aromatic rings. The Morgan fingerprint density at radius 2 is 1.96 bits per heavy atom. The van der Waals surface area contributed by atoms with Crippen LogP contribution in [0.3, 0.4) is 0 Å². The van der Waals surface area contributed by atoms with Crippen LogP contribution in [0, 0.1) is 5.82 Å². The maximum Gasteiger partial charge on any atom is 0.191 e. The fourth-order valence-electron chi connectivity index (χ4n) is 2.37. The third-order valence-electron chi connectivity index (χ3n) is 3.69. The van der Waals surface area contributed by atoms with Crippen molar-refractivity contribution in [1.29, 1.82) is 0 Å². The molecule has 1 heterocycles. The number of rotatable bonds is 7. The summed E-state index contributed by atoms with van der Waals surface area (Å²) in [6, 6.07) is 8.88. The molecule has 2 rings (SSSR count). The molecule has 4 nitrogen and oxygen atoms in total. The zero-order chi connectivity index (χ0) is 17.4. The van der Waals surface area contributed by atoms with Crippen LogP contribution in [0.15, 0.2) is 46.1 Å². The molecule has 0 saturated carbocycles. The molecule has 0 fully saturated rings. The number of likely N-dealkylation sites (N-methyl/N-ethyl adjacent to an activating group) is 1. The number of aliphatic imine (C=N–C) groups is 1. The molecule has 1 aromatic heterocycles. The highest BCUT2D eigenvalue weighted by molar-refractivity contribution is 7.07. The Hall–Kier alpha value is -1.92. The molecule has 0 bridgehead atoms. The molecule has 0 spiro atoms. The number of benzene rings is 1. The van der Waals surface area contributed by atoms with Crippen LogP contribution < -0.4 is 10.6 Å². The maximum atomic E-state index is 13.1. The summed E-state index contributed by atoms with van der Waals surface area (Å²) in [4.78, 5) is 6.73. The van der Waals surface area contributed by atoms with Crippen LogP contribution in [-0.2, 0) is 6.54 Å². The lowest BCUT2D eigenvalue weighted by atomic mass is 10.1. The lowest BCUT2D eigenvalue weighted by Gasteiger charge is -2.26. The van der Waals surface area contributed by atoms with E-state index in [0.717, 1.165) is 18.1 Å². The average Bonchev–Trinajstić information content (AvgIpc) is 3.07. The second-order valence-corrected chi connectivity index (χ2v) is 6.52. The van der Waals surface area contributed by atoms with Gasteiger partial charge >= 0.3 is 0 Å². The molecule has 1 unspecified atom stereocenters. The Bertz CT molecular complexity index is 623. The van der Waals surface area contributed by atoms with Crippen LogP contribution in [0.4, 0.5) is 4.39 Å². The van der Waals surface area contributed by atoms with Gasteiger partial charge in [-0.1, -0.05) is 12.1 Å². The SMILES string of the molecule is CCNC(=NCc1ccsc1)NCC(c1ccc(F)cc1)N(C)C. The van der Waals surface area contributed by atoms with E-state index in [-0.39, 0.29) is 11.9 Å². The van der Waals surface area contributed by atoms with Crippen molar-refractivity contribution in [2.45, 2.75) is 19.5 Å². The van der Waals surface area contributed by atoms with Gasteiger partial charge in [0.2, 0.25) is 0 Å². The average molecular weight is 348 g/mol. The van der Waals surface area contributed by atoms with Crippen LogP contribution in [0.25, 0.3) is 0 Å². The number of halogens is 1. The number of hydrogen-bond acceptors (Lipinski definition) is 3. The quantitative estimate of drug-likeness (QED) is 0.596. The van der Waals surface area contributed by atoms with Crippen molar-refractivity contribution in [2.24, 2.45) is 4.99 Å². The summed E-state index contributed by atoms with van der Waals surface area (Å²) in [7, 11) is 4.04. The van der Waals surface area contributed by atoms with Crippen molar-refractivity contribution in [1.82, 2.24) is 15.5 Å². The number of hydrogen-bond donors (Lipinski definition) is 2. The smallest absolute Gasteiger partial charge is 0.191 e. The highest BCUT2D eigenvalue weighted by Crippen LogP contribution is 2.17. The predicted molar refractivity (Wildman–Crippen MR) is 100.0 cm³/mol. The van der Waals surface area contributed by atoms with Crippen molar-refractivity contribution in [3.63, 3.8) is 0 Å². The second kappa shape index (κ2) is 9.39. The molecule has 0 aliphatic rings. The topological polar surface area (TPSA) is 39.7 Å². The molecular formula is C18H25FN4S. The number of thiophene rings is 1. The fraction of sp³-hybridized carbons (Fsp3) is 0.389. The Morgan fingerprint density at radius 1 is 1.21 bits per heavy atom. The summed E-state index contributed by atoms with van der Waals surface area (Å²) in [5.41, 5.74) is 2.28. The van der Waals surface area contributed by atoms with Crippen LogP contribution >= 0.6 is 11.3 Å². The van der Waals surface area contributed by atoms with Gasteiger partial charge in [-0.3, -0.25) is 0 Å². The van der Waals surface area contributed by atoms with Gasteiger partial charge in [-0.25, -0.2) is 9.38 Å². The molecule has 0 saturated heterocycles. The lowest BCUT2D eigenvalue weighted by molar-refractivity contribution is 0.298. The van der Waals surface area contributed by atoms with E-state index in [1.165, 1.54) is 17.7 Å². The Balaban J connectivity index is 2.01. The van der Waals surface area contributed by atoms with Gasteiger partial charge in [0.05, 0.1) is 12.6 Å². The maximum absolute atomic E-state index is 13.1. The normalized spacial score (nSPS) is 13.1. The highest BCUT2D eigenvalue weighted by atomic mass is 32.1. The third-order valence-corrected chi connectivity index (χ3v) is 4.42. The first kappa shape index (κ1) is 18.4. The van der Waals surface area contributed by atoms with E-state index in [4.69, 9.17) is 0 Å². The summed E-state index contributed by atoms with van der Waals surface area (Å²) in [5.74, 6) is 0.576. The van der Waals surface area contributed by atoms with Gasteiger partial charge in [-0.2, -0.15) is 11.3 Å². The molecule has 1 atom stereocenters. The van der Waals surface area contributed by atoms with Crippen molar-refractivity contribution in [3.05, 3.63) is 58.0 Å². The van der Waals surface area contributed by atoms with Crippen molar-refractivity contribution < 1.29 is 4.39 Å². The monoisotopic (exact) mass is 348 g/mol. The van der Waals surface area contributed by atoms with Crippen LogP contribution in [0.5, 0.6) is 0 Å². The summed E-state index contributed by atoms with van der Waals surface area (Å²) in [6.45, 7) is 4.19. The van der Waals surface area contributed by atoms with Crippen LogP contribution in [0.2, 0.25) is 0 Å². The zero-order valence-corrected chi connectivity index (χ0v) is 15.2. The molecule has 24 heavy (non-hydrogen) atoms. The van der Waals surface area contributed by atoms with Crippen molar-refractivity contribution >= 4 is 17.3 Å². The molecule has 130 valence electrons. The molecule has 0 aliphatic carbocycles. The van der Waals surface area contributed by atoms with E-state index in [1.54, 1.807) is 11.3 Å². The van der Waals surface area contributed by atoms with E-state index in [2.05, 4.69) is 37.4 Å². The van der Waals surface area contributed by atoms with Crippen molar-refractivity contribution in [2.75, 3.05) is 27.2 Å². The van der Waals surface area contributed by atoms with Gasteiger partial charge in [0.25, 0.3) is 0 Å². The molecule has 6 heteroatoms. The van der Waals surface area contributed by atoms with Crippen molar-refractivity contribution in [3.8, 4) is 0 Å². The Labute approximate surface area is 147 Å². The first-order valence-electron chi connectivity index (χ1n) is 8.05. The minimum atomic E-state index is -0.213. The Morgan fingerprint density at radius 3 is 2.54 bits per heavy atom. The second-order valence-electron chi connectivity index (χ2n) is 5.74. The zero-order valence-electron chi connectivity index (χ0n) is 14.4. The van der Waals surface area contributed by atoms with E-state index in [0.29, 0.717) is 13.1 Å². The minimum Gasteiger partial charge on any atom is -0.357 e. The Kier molecular flexibility index (Phi) is 7.21. The van der Waals surface area contributed by atoms with Gasteiger partial charge in [0.1, 0.15) is 5.82 Å². The minimum absolute atomic E-state index is 0.135. The van der Waals surface area contributed by atoms with Gasteiger partial charge in [0, 0.05) is 13.1 Å². The van der Waals surface area contributed by atoms with E-state index < -0.39 is 0 Å². The summed E-state index contributed by atoms with van der Waals surface area (Å²) in [5, 5.41) is 10.8. The lowest BCUT2D eigenvalue weighted by Crippen LogP contribution is -2.41. The molecule has 1 aromatic carbocycles. The first-order chi connectivity index (χ1) is 11.6. The summed E-state index contributed by atoms with van der Waals surface area (Å²) < 4.78 is 13.1. The fourth-order valence-corrected chi connectivity index (χ4v) is 3.03.